The van der Waals surface area contributed by atoms with Gasteiger partial charge in [-0.2, -0.15) is 4.31 Å². The zero-order valence-corrected chi connectivity index (χ0v) is 12.2. The fraction of sp³-hybridized carbons (Fsp3) is 1.00. The number of nitrogens with zero attached hydrogens (tertiary/aromatic N) is 2. The lowest BCUT2D eigenvalue weighted by atomic mass is 10.2. The molecule has 2 fully saturated rings. The minimum atomic E-state index is -3.07. The molecule has 5 nitrogen and oxygen atoms in total. The molecule has 2 saturated heterocycles. The standard InChI is InChI=1S/C12H25N3O2S/c1-11(2)14-7-9-15(10-8-14)18(16,17)12-3-5-13-6-4-12/h11-13H,3-10H2,1-2H3. The summed E-state index contributed by atoms with van der Waals surface area (Å²) in [6.45, 7) is 9.03. The van der Waals surface area contributed by atoms with E-state index >= 15 is 0 Å². The van der Waals surface area contributed by atoms with E-state index < -0.39 is 10.0 Å². The van der Waals surface area contributed by atoms with Crippen molar-refractivity contribution in [2.24, 2.45) is 0 Å². The molecule has 0 bridgehead atoms. The van der Waals surface area contributed by atoms with Crippen molar-refractivity contribution in [1.82, 2.24) is 14.5 Å². The van der Waals surface area contributed by atoms with Crippen molar-refractivity contribution in [3.63, 3.8) is 0 Å². The lowest BCUT2D eigenvalue weighted by Crippen LogP contribution is -2.53. The van der Waals surface area contributed by atoms with E-state index in [2.05, 4.69) is 24.1 Å². The van der Waals surface area contributed by atoms with Crippen molar-refractivity contribution in [3.8, 4) is 0 Å². The maximum absolute atomic E-state index is 12.5. The third-order valence-corrected chi connectivity index (χ3v) is 6.47. The average Bonchev–Trinajstić information content (AvgIpc) is 2.40. The van der Waals surface area contributed by atoms with Gasteiger partial charge >= 0.3 is 0 Å². The average molecular weight is 275 g/mol. The van der Waals surface area contributed by atoms with Gasteiger partial charge in [-0.25, -0.2) is 8.42 Å². The molecule has 0 aromatic rings. The van der Waals surface area contributed by atoms with Crippen molar-refractivity contribution in [2.45, 2.75) is 38.0 Å². The van der Waals surface area contributed by atoms with E-state index in [1.807, 2.05) is 0 Å². The monoisotopic (exact) mass is 275 g/mol. The Labute approximate surface area is 111 Å². The summed E-state index contributed by atoms with van der Waals surface area (Å²) in [5.74, 6) is 0. The first-order chi connectivity index (χ1) is 8.51. The predicted molar refractivity (Wildman–Crippen MR) is 73.1 cm³/mol. The number of piperidine rings is 1. The van der Waals surface area contributed by atoms with E-state index in [-0.39, 0.29) is 5.25 Å². The third kappa shape index (κ3) is 3.04. The van der Waals surface area contributed by atoms with Crippen LogP contribution in [0.4, 0.5) is 0 Å². The Balaban J connectivity index is 1.95. The van der Waals surface area contributed by atoms with Crippen LogP contribution in [-0.4, -0.2) is 68.2 Å². The predicted octanol–water partition coefficient (Wildman–Crippen LogP) is 0.0942. The molecule has 6 heteroatoms. The Morgan fingerprint density at radius 2 is 1.61 bits per heavy atom. The molecule has 2 aliphatic rings. The second-order valence-corrected chi connectivity index (χ2v) is 7.74. The first-order valence-electron chi connectivity index (χ1n) is 6.95. The van der Waals surface area contributed by atoms with Crippen LogP contribution in [0, 0.1) is 0 Å². The summed E-state index contributed by atoms with van der Waals surface area (Å²) in [5.41, 5.74) is 0. The molecule has 0 aromatic heterocycles. The molecule has 2 rings (SSSR count). The van der Waals surface area contributed by atoms with E-state index in [1.54, 1.807) is 4.31 Å². The second kappa shape index (κ2) is 5.86. The van der Waals surface area contributed by atoms with Crippen LogP contribution in [0.25, 0.3) is 0 Å². The molecule has 0 aliphatic carbocycles. The maximum Gasteiger partial charge on any atom is 0.217 e. The summed E-state index contributed by atoms with van der Waals surface area (Å²) in [7, 11) is -3.07. The largest absolute Gasteiger partial charge is 0.317 e. The van der Waals surface area contributed by atoms with Crippen LogP contribution in [-0.2, 0) is 10.0 Å². The molecule has 18 heavy (non-hydrogen) atoms. The number of sulfonamides is 1. The van der Waals surface area contributed by atoms with Gasteiger partial charge in [0.1, 0.15) is 0 Å². The van der Waals surface area contributed by atoms with Crippen LogP contribution < -0.4 is 5.32 Å². The van der Waals surface area contributed by atoms with Crippen molar-refractivity contribution >= 4 is 10.0 Å². The second-order valence-electron chi connectivity index (χ2n) is 5.52. The maximum atomic E-state index is 12.5. The highest BCUT2D eigenvalue weighted by Gasteiger charge is 2.34. The number of piperazine rings is 1. The van der Waals surface area contributed by atoms with Gasteiger partial charge in [-0.1, -0.05) is 0 Å². The first-order valence-corrected chi connectivity index (χ1v) is 8.46. The molecule has 0 amide bonds. The highest BCUT2D eigenvalue weighted by Crippen LogP contribution is 2.19. The first kappa shape index (κ1) is 14.2. The van der Waals surface area contributed by atoms with Gasteiger partial charge in [0.25, 0.3) is 0 Å². The van der Waals surface area contributed by atoms with Crippen LogP contribution in [0.2, 0.25) is 0 Å². The Hall–Kier alpha value is -0.170. The third-order valence-electron chi connectivity index (χ3n) is 4.07. The van der Waals surface area contributed by atoms with Gasteiger partial charge in [-0.05, 0) is 39.8 Å². The Kier molecular flexibility index (Phi) is 4.64. The van der Waals surface area contributed by atoms with Gasteiger partial charge in [0.2, 0.25) is 10.0 Å². The van der Waals surface area contributed by atoms with Crippen LogP contribution in [0.3, 0.4) is 0 Å². The summed E-state index contributed by atoms with van der Waals surface area (Å²) in [4.78, 5) is 2.34. The zero-order valence-electron chi connectivity index (χ0n) is 11.4. The van der Waals surface area contributed by atoms with Crippen LogP contribution in [0.15, 0.2) is 0 Å². The Bertz CT molecular complexity index is 356. The molecule has 2 heterocycles. The lowest BCUT2D eigenvalue weighted by Gasteiger charge is -2.38. The highest BCUT2D eigenvalue weighted by atomic mass is 32.2. The molecule has 0 aromatic carbocycles. The van der Waals surface area contributed by atoms with E-state index in [4.69, 9.17) is 0 Å². The Morgan fingerprint density at radius 3 is 2.11 bits per heavy atom. The molecule has 0 unspecified atom stereocenters. The summed E-state index contributed by atoms with van der Waals surface area (Å²) >= 11 is 0. The number of nitrogens with one attached hydrogen (secondary N) is 1. The van der Waals surface area contributed by atoms with Gasteiger partial charge in [0.05, 0.1) is 5.25 Å². The summed E-state index contributed by atoms with van der Waals surface area (Å²) in [5, 5.41) is 3.06. The number of hydrogen-bond acceptors (Lipinski definition) is 4. The van der Waals surface area contributed by atoms with E-state index in [1.165, 1.54) is 0 Å². The summed E-state index contributed by atoms with van der Waals surface area (Å²) < 4.78 is 26.7. The van der Waals surface area contributed by atoms with Gasteiger partial charge in [-0.3, -0.25) is 4.90 Å². The van der Waals surface area contributed by atoms with Crippen molar-refractivity contribution < 1.29 is 8.42 Å². The molecular weight excluding hydrogens is 250 g/mol. The quantitative estimate of drug-likeness (QED) is 0.793. The lowest BCUT2D eigenvalue weighted by molar-refractivity contribution is 0.153. The fourth-order valence-corrected chi connectivity index (χ4v) is 4.70. The van der Waals surface area contributed by atoms with Gasteiger partial charge in [-0.15, -0.1) is 0 Å². The van der Waals surface area contributed by atoms with E-state index in [9.17, 15) is 8.42 Å². The van der Waals surface area contributed by atoms with E-state index in [0.717, 1.165) is 39.0 Å². The smallest absolute Gasteiger partial charge is 0.217 e. The number of hydrogen-bond donors (Lipinski definition) is 1. The Morgan fingerprint density at radius 1 is 1.06 bits per heavy atom. The molecular formula is C12H25N3O2S. The summed E-state index contributed by atoms with van der Waals surface area (Å²) in [6, 6.07) is 0.508. The molecule has 1 N–H and O–H groups in total. The van der Waals surface area contributed by atoms with Crippen molar-refractivity contribution in [1.29, 1.82) is 0 Å². The fourth-order valence-electron chi connectivity index (χ4n) is 2.78. The molecule has 0 radical (unpaired) electrons. The topological polar surface area (TPSA) is 52.7 Å². The molecule has 0 atom stereocenters. The molecule has 2 aliphatic heterocycles. The van der Waals surface area contributed by atoms with Crippen LogP contribution >= 0.6 is 0 Å². The SMILES string of the molecule is CC(C)N1CCN(S(=O)(=O)C2CCNCC2)CC1. The molecule has 0 saturated carbocycles. The van der Waals surface area contributed by atoms with Gasteiger partial charge in [0, 0.05) is 32.2 Å². The van der Waals surface area contributed by atoms with Crippen molar-refractivity contribution in [3.05, 3.63) is 0 Å². The van der Waals surface area contributed by atoms with Crippen LogP contribution in [0.5, 0.6) is 0 Å². The highest BCUT2D eigenvalue weighted by molar-refractivity contribution is 7.89. The zero-order chi connectivity index (χ0) is 13.2. The van der Waals surface area contributed by atoms with Crippen LogP contribution in [0.1, 0.15) is 26.7 Å². The van der Waals surface area contributed by atoms with E-state index in [0.29, 0.717) is 19.1 Å². The minimum absolute atomic E-state index is 0.163. The molecule has 0 spiro atoms. The van der Waals surface area contributed by atoms with Gasteiger partial charge in [0.15, 0.2) is 0 Å². The minimum Gasteiger partial charge on any atom is -0.317 e. The number of rotatable bonds is 3. The summed E-state index contributed by atoms with van der Waals surface area (Å²) in [6.07, 6.45) is 1.51. The normalized spacial score (nSPS) is 25.7. The van der Waals surface area contributed by atoms with Gasteiger partial charge < -0.3 is 5.32 Å². The van der Waals surface area contributed by atoms with Crippen molar-refractivity contribution in [2.75, 3.05) is 39.3 Å². The molecule has 106 valence electrons.